The molecule has 35 heavy (non-hydrogen) atoms. The lowest BCUT2D eigenvalue weighted by Gasteiger charge is -2.32. The number of nitrogens with one attached hydrogen (secondary N) is 1. The highest BCUT2D eigenvalue weighted by Crippen LogP contribution is 2.20. The number of hydrogen-bond donors (Lipinski definition) is 1. The van der Waals surface area contributed by atoms with Gasteiger partial charge in [-0.2, -0.15) is 0 Å². The van der Waals surface area contributed by atoms with E-state index in [2.05, 4.69) is 18.3 Å². The molecule has 5 heteroatoms. The van der Waals surface area contributed by atoms with Crippen molar-refractivity contribution in [3.05, 3.63) is 106 Å². The van der Waals surface area contributed by atoms with E-state index in [4.69, 9.17) is 11.6 Å². The molecule has 2 amide bonds. The molecule has 3 aromatic carbocycles. The first-order valence-corrected chi connectivity index (χ1v) is 12.8. The third kappa shape index (κ3) is 8.25. The van der Waals surface area contributed by atoms with Gasteiger partial charge in [-0.05, 0) is 42.5 Å². The highest BCUT2D eigenvalue weighted by Gasteiger charge is 2.30. The standard InChI is InChI=1S/C30H35ClN2O2/c1-3-4-19-32-30(35)28(21-24-12-6-5-7-13-24)33(22-25-14-10-11-23(2)20-25)29(34)18-17-26-15-8-9-16-27(26)31/h5-16,20,28H,3-4,17-19,21-22H2,1-2H3,(H,32,35)/t28-/m1/s1. The van der Waals surface area contributed by atoms with Gasteiger partial charge in [-0.25, -0.2) is 0 Å². The molecule has 1 N–H and O–H groups in total. The Bertz CT molecular complexity index is 1100. The first-order chi connectivity index (χ1) is 17.0. The van der Waals surface area contributed by atoms with Gasteiger partial charge in [0.05, 0.1) is 0 Å². The predicted molar refractivity (Wildman–Crippen MR) is 143 cm³/mol. The average Bonchev–Trinajstić information content (AvgIpc) is 2.86. The van der Waals surface area contributed by atoms with Crippen LogP contribution in [-0.4, -0.2) is 29.3 Å². The largest absolute Gasteiger partial charge is 0.354 e. The number of unbranched alkanes of at least 4 members (excludes halogenated alkanes) is 1. The number of benzene rings is 3. The molecule has 1 atom stereocenters. The summed E-state index contributed by atoms with van der Waals surface area (Å²) in [5.74, 6) is -0.168. The van der Waals surface area contributed by atoms with Gasteiger partial charge in [0.1, 0.15) is 6.04 Å². The summed E-state index contributed by atoms with van der Waals surface area (Å²) in [5.41, 5.74) is 4.09. The summed E-state index contributed by atoms with van der Waals surface area (Å²) in [6.07, 6.45) is 3.17. The van der Waals surface area contributed by atoms with E-state index in [9.17, 15) is 9.59 Å². The minimum absolute atomic E-state index is 0.0574. The molecule has 3 aromatic rings. The maximum atomic E-state index is 13.7. The molecule has 184 valence electrons. The second kappa shape index (κ2) is 13.7. The second-order valence-corrected chi connectivity index (χ2v) is 9.36. The lowest BCUT2D eigenvalue weighted by Crippen LogP contribution is -2.50. The molecule has 0 unspecified atom stereocenters. The van der Waals surface area contributed by atoms with E-state index in [-0.39, 0.29) is 18.2 Å². The lowest BCUT2D eigenvalue weighted by atomic mass is 10.0. The first-order valence-electron chi connectivity index (χ1n) is 12.4. The van der Waals surface area contributed by atoms with Crippen LogP contribution in [0.4, 0.5) is 0 Å². The summed E-state index contributed by atoms with van der Waals surface area (Å²) in [7, 11) is 0. The van der Waals surface area contributed by atoms with Crippen molar-refractivity contribution in [2.45, 2.75) is 58.5 Å². The van der Waals surface area contributed by atoms with Crippen LogP contribution in [0.25, 0.3) is 0 Å². The van der Waals surface area contributed by atoms with E-state index >= 15 is 0 Å². The molecule has 4 nitrogen and oxygen atoms in total. The van der Waals surface area contributed by atoms with Crippen LogP contribution in [0.2, 0.25) is 5.02 Å². The summed E-state index contributed by atoms with van der Waals surface area (Å²) in [5, 5.41) is 3.72. The minimum Gasteiger partial charge on any atom is -0.354 e. The fourth-order valence-corrected chi connectivity index (χ4v) is 4.38. The molecule has 3 rings (SSSR count). The smallest absolute Gasteiger partial charge is 0.243 e. The van der Waals surface area contributed by atoms with E-state index < -0.39 is 6.04 Å². The Balaban J connectivity index is 1.89. The summed E-state index contributed by atoms with van der Waals surface area (Å²) in [6, 6.07) is 25.0. The van der Waals surface area contributed by atoms with Gasteiger partial charge < -0.3 is 10.2 Å². The molecule has 0 saturated carbocycles. The molecule has 0 radical (unpaired) electrons. The zero-order chi connectivity index (χ0) is 25.0. The maximum absolute atomic E-state index is 13.7. The Labute approximate surface area is 214 Å². The van der Waals surface area contributed by atoms with Crippen molar-refractivity contribution >= 4 is 23.4 Å². The molecule has 0 fully saturated rings. The molecule has 0 aliphatic rings. The van der Waals surface area contributed by atoms with Gasteiger partial charge >= 0.3 is 0 Å². The van der Waals surface area contributed by atoms with E-state index in [1.54, 1.807) is 4.90 Å². The second-order valence-electron chi connectivity index (χ2n) is 8.95. The van der Waals surface area contributed by atoms with Gasteiger partial charge in [0.25, 0.3) is 0 Å². The molecule has 0 spiro atoms. The quantitative estimate of drug-likeness (QED) is 0.310. The van der Waals surface area contributed by atoms with Crippen LogP contribution in [0.15, 0.2) is 78.9 Å². The number of nitrogens with zero attached hydrogens (tertiary/aromatic N) is 1. The molecular weight excluding hydrogens is 456 g/mol. The fourth-order valence-electron chi connectivity index (χ4n) is 4.15. The lowest BCUT2D eigenvalue weighted by molar-refractivity contribution is -0.141. The summed E-state index contributed by atoms with van der Waals surface area (Å²) < 4.78 is 0. The van der Waals surface area contributed by atoms with Crippen LogP contribution in [0.5, 0.6) is 0 Å². The van der Waals surface area contributed by atoms with Gasteiger partial charge in [-0.1, -0.05) is 103 Å². The molecule has 0 bridgehead atoms. The van der Waals surface area contributed by atoms with Gasteiger partial charge in [-0.3, -0.25) is 9.59 Å². The van der Waals surface area contributed by atoms with Crippen molar-refractivity contribution in [3.63, 3.8) is 0 Å². The normalized spacial score (nSPS) is 11.6. The van der Waals surface area contributed by atoms with E-state index in [1.807, 2.05) is 79.7 Å². The van der Waals surface area contributed by atoms with Crippen molar-refractivity contribution in [1.82, 2.24) is 10.2 Å². The summed E-state index contributed by atoms with van der Waals surface area (Å²) in [4.78, 5) is 28.9. The third-order valence-electron chi connectivity index (χ3n) is 6.10. The Morgan fingerprint density at radius 1 is 0.943 bits per heavy atom. The van der Waals surface area contributed by atoms with Crippen molar-refractivity contribution < 1.29 is 9.59 Å². The summed E-state index contributed by atoms with van der Waals surface area (Å²) >= 11 is 6.34. The summed E-state index contributed by atoms with van der Waals surface area (Å²) in [6.45, 7) is 5.11. The van der Waals surface area contributed by atoms with Crippen LogP contribution < -0.4 is 5.32 Å². The van der Waals surface area contributed by atoms with E-state index in [1.165, 1.54) is 0 Å². The average molecular weight is 491 g/mol. The Morgan fingerprint density at radius 2 is 1.66 bits per heavy atom. The van der Waals surface area contributed by atoms with Crippen LogP contribution >= 0.6 is 11.6 Å². The first kappa shape index (κ1) is 26.5. The molecule has 0 aliphatic heterocycles. The predicted octanol–water partition coefficient (Wildman–Crippen LogP) is 6.14. The Kier molecular flexibility index (Phi) is 10.4. The fraction of sp³-hybridized carbons (Fsp3) is 0.333. The van der Waals surface area contributed by atoms with Crippen molar-refractivity contribution in [1.29, 1.82) is 0 Å². The number of aryl methyl sites for hydroxylation is 2. The van der Waals surface area contributed by atoms with Gasteiger partial charge in [0.15, 0.2) is 0 Å². The Morgan fingerprint density at radius 3 is 2.37 bits per heavy atom. The highest BCUT2D eigenvalue weighted by atomic mass is 35.5. The van der Waals surface area contributed by atoms with Gasteiger partial charge in [0.2, 0.25) is 11.8 Å². The monoisotopic (exact) mass is 490 g/mol. The molecule has 0 aliphatic carbocycles. The minimum atomic E-state index is -0.603. The van der Waals surface area contributed by atoms with E-state index in [0.29, 0.717) is 31.0 Å². The zero-order valence-corrected chi connectivity index (χ0v) is 21.4. The number of rotatable bonds is 12. The van der Waals surface area contributed by atoms with Gasteiger partial charge in [0, 0.05) is 31.0 Å². The number of amides is 2. The SMILES string of the molecule is CCCCNC(=O)[C@@H](Cc1ccccc1)N(Cc1cccc(C)c1)C(=O)CCc1ccccc1Cl. The van der Waals surface area contributed by atoms with Crippen molar-refractivity contribution in [2.75, 3.05) is 6.54 Å². The highest BCUT2D eigenvalue weighted by molar-refractivity contribution is 6.31. The van der Waals surface area contributed by atoms with Crippen LogP contribution in [-0.2, 0) is 29.0 Å². The molecular formula is C30H35ClN2O2. The molecule has 0 aromatic heterocycles. The van der Waals surface area contributed by atoms with Crippen LogP contribution in [0, 0.1) is 6.92 Å². The van der Waals surface area contributed by atoms with Crippen molar-refractivity contribution in [2.24, 2.45) is 0 Å². The van der Waals surface area contributed by atoms with Crippen LogP contribution in [0.1, 0.15) is 48.4 Å². The number of hydrogen-bond acceptors (Lipinski definition) is 2. The topological polar surface area (TPSA) is 49.4 Å². The van der Waals surface area contributed by atoms with E-state index in [0.717, 1.165) is 35.1 Å². The van der Waals surface area contributed by atoms with Crippen molar-refractivity contribution in [3.8, 4) is 0 Å². The third-order valence-corrected chi connectivity index (χ3v) is 6.47. The molecule has 0 saturated heterocycles. The zero-order valence-electron chi connectivity index (χ0n) is 20.7. The van der Waals surface area contributed by atoms with Crippen LogP contribution in [0.3, 0.4) is 0 Å². The maximum Gasteiger partial charge on any atom is 0.243 e. The number of halogens is 1. The number of carbonyl (C=O) groups excluding carboxylic acids is 2. The molecule has 0 heterocycles. The Hall–Kier alpha value is -3.11. The van der Waals surface area contributed by atoms with Gasteiger partial charge in [-0.15, -0.1) is 0 Å². The number of carbonyl (C=O) groups is 2.